The molecule has 0 atom stereocenters. The Balaban J connectivity index is 1.78. The zero-order valence-corrected chi connectivity index (χ0v) is 17.0. The Morgan fingerprint density at radius 3 is 2.52 bits per heavy atom. The first-order valence-electron chi connectivity index (χ1n) is 10.1. The van der Waals surface area contributed by atoms with E-state index < -0.39 is 11.4 Å². The number of esters is 1. The van der Waals surface area contributed by atoms with E-state index in [-0.39, 0.29) is 17.1 Å². The van der Waals surface area contributed by atoms with Gasteiger partial charge in [0.05, 0.1) is 13.2 Å². The smallest absolute Gasteiger partial charge is 0.346 e. The number of halogens is 1. The van der Waals surface area contributed by atoms with Crippen LogP contribution in [0.1, 0.15) is 57.6 Å². The first-order chi connectivity index (χ1) is 14.0. The lowest BCUT2D eigenvalue weighted by molar-refractivity contribution is -0.141. The Morgan fingerprint density at radius 1 is 1.14 bits per heavy atom. The zero-order valence-electron chi connectivity index (χ0n) is 17.0. The molecule has 0 radical (unpaired) electrons. The van der Waals surface area contributed by atoms with Gasteiger partial charge in [-0.15, -0.1) is 6.58 Å². The summed E-state index contributed by atoms with van der Waals surface area (Å²) in [5.41, 5.74) is -0.682. The molecule has 158 valence electrons. The van der Waals surface area contributed by atoms with Crippen molar-refractivity contribution in [1.29, 1.82) is 0 Å². The molecule has 0 aliphatic rings. The van der Waals surface area contributed by atoms with Crippen molar-refractivity contribution < 1.29 is 23.1 Å². The maximum Gasteiger partial charge on any atom is 0.346 e. The predicted octanol–water partition coefficient (Wildman–Crippen LogP) is 5.33. The average Bonchev–Trinajstić information content (AvgIpc) is 2.68. The van der Waals surface area contributed by atoms with Crippen LogP contribution >= 0.6 is 0 Å². The molecule has 6 heteroatoms. The summed E-state index contributed by atoms with van der Waals surface area (Å²) in [6.45, 7) is 5.92. The summed E-state index contributed by atoms with van der Waals surface area (Å²) in [6.07, 6.45) is 8.73. The van der Waals surface area contributed by atoms with Crippen LogP contribution < -0.4 is 10.4 Å². The molecule has 2 rings (SSSR count). The van der Waals surface area contributed by atoms with Gasteiger partial charge in [0.15, 0.2) is 11.6 Å². The normalized spacial score (nSPS) is 10.8. The van der Waals surface area contributed by atoms with Crippen LogP contribution in [0.2, 0.25) is 0 Å². The van der Waals surface area contributed by atoms with Crippen LogP contribution in [-0.2, 0) is 16.0 Å². The molecule has 0 saturated carbocycles. The first kappa shape index (κ1) is 22.7. The highest BCUT2D eigenvalue weighted by Gasteiger charge is 2.14. The molecule has 0 saturated heterocycles. The van der Waals surface area contributed by atoms with Crippen molar-refractivity contribution in [1.82, 2.24) is 0 Å². The number of benzene rings is 1. The van der Waals surface area contributed by atoms with Crippen molar-refractivity contribution in [3.05, 3.63) is 52.9 Å². The van der Waals surface area contributed by atoms with Gasteiger partial charge in [0.25, 0.3) is 0 Å². The zero-order chi connectivity index (χ0) is 21.1. The average molecular weight is 404 g/mol. The fourth-order valence-corrected chi connectivity index (χ4v) is 3.06. The molecule has 1 heterocycles. The Bertz CT molecular complexity index is 871. The maximum absolute atomic E-state index is 14.7. The van der Waals surface area contributed by atoms with Crippen LogP contribution in [0.25, 0.3) is 10.8 Å². The van der Waals surface area contributed by atoms with Crippen molar-refractivity contribution in [2.24, 2.45) is 0 Å². The molecule has 0 unspecified atom stereocenters. The van der Waals surface area contributed by atoms with Gasteiger partial charge < -0.3 is 13.9 Å². The van der Waals surface area contributed by atoms with E-state index in [1.165, 1.54) is 6.92 Å². The van der Waals surface area contributed by atoms with E-state index in [1.54, 1.807) is 24.3 Å². The van der Waals surface area contributed by atoms with Gasteiger partial charge in [-0.25, -0.2) is 9.18 Å². The van der Waals surface area contributed by atoms with Crippen LogP contribution in [0.3, 0.4) is 0 Å². The van der Waals surface area contributed by atoms with E-state index >= 15 is 0 Å². The summed E-state index contributed by atoms with van der Waals surface area (Å²) in [6, 6.07) is 4.93. The SMILES string of the molecule is C=CCCc1cc2ccc(OCCCCCCCCOC(C)=O)c(F)c2c(=O)o1. The summed E-state index contributed by atoms with van der Waals surface area (Å²) in [5, 5.41) is 0.441. The minimum atomic E-state index is -0.682. The van der Waals surface area contributed by atoms with E-state index in [0.29, 0.717) is 37.2 Å². The monoisotopic (exact) mass is 404 g/mol. The number of carbonyl (C=O) groups excluding carboxylic acids is 1. The molecule has 1 aromatic carbocycles. The van der Waals surface area contributed by atoms with Gasteiger partial charge in [-0.2, -0.15) is 0 Å². The predicted molar refractivity (Wildman–Crippen MR) is 111 cm³/mol. The highest BCUT2D eigenvalue weighted by molar-refractivity contribution is 5.83. The topological polar surface area (TPSA) is 65.7 Å². The number of rotatable bonds is 13. The van der Waals surface area contributed by atoms with Gasteiger partial charge in [0.1, 0.15) is 11.1 Å². The van der Waals surface area contributed by atoms with Gasteiger partial charge >= 0.3 is 11.6 Å². The molecule has 0 fully saturated rings. The van der Waals surface area contributed by atoms with Crippen LogP contribution in [0.5, 0.6) is 5.75 Å². The molecule has 0 amide bonds. The molecule has 2 aromatic rings. The van der Waals surface area contributed by atoms with Gasteiger partial charge in [-0.05, 0) is 36.8 Å². The molecule has 1 aromatic heterocycles. The number of carbonyl (C=O) groups is 1. The number of allylic oxidation sites excluding steroid dienone is 1. The number of hydrogen-bond donors (Lipinski definition) is 0. The Morgan fingerprint density at radius 2 is 1.83 bits per heavy atom. The maximum atomic E-state index is 14.7. The molecular weight excluding hydrogens is 375 g/mol. The molecule has 5 nitrogen and oxygen atoms in total. The van der Waals surface area contributed by atoms with E-state index in [0.717, 1.165) is 38.5 Å². The molecular formula is C23H29FO5. The molecule has 0 bridgehead atoms. The number of aryl methyl sites for hydroxylation is 1. The second-order valence-corrected chi connectivity index (χ2v) is 6.98. The number of ether oxygens (including phenoxy) is 2. The highest BCUT2D eigenvalue weighted by atomic mass is 19.1. The van der Waals surface area contributed by atoms with E-state index in [2.05, 4.69) is 6.58 Å². The summed E-state index contributed by atoms with van der Waals surface area (Å²) in [7, 11) is 0. The van der Waals surface area contributed by atoms with Crippen LogP contribution in [-0.4, -0.2) is 19.2 Å². The standard InChI is InChI=1S/C23H29FO5/c1-3-4-11-19-16-18-12-13-20(22(24)21(18)23(26)29-19)28-15-10-8-6-5-7-9-14-27-17(2)25/h3,12-13,16H,1,4-11,14-15H2,2H3. The molecule has 0 aliphatic heterocycles. The molecule has 0 N–H and O–H groups in total. The van der Waals surface area contributed by atoms with Crippen LogP contribution in [0.4, 0.5) is 4.39 Å². The number of hydrogen-bond acceptors (Lipinski definition) is 5. The fourth-order valence-electron chi connectivity index (χ4n) is 3.06. The summed E-state index contributed by atoms with van der Waals surface area (Å²) < 4.78 is 30.3. The number of fused-ring (bicyclic) bond motifs is 1. The largest absolute Gasteiger partial charge is 0.490 e. The van der Waals surface area contributed by atoms with E-state index in [4.69, 9.17) is 13.9 Å². The molecule has 0 aliphatic carbocycles. The quantitative estimate of drug-likeness (QED) is 0.256. The third kappa shape index (κ3) is 7.37. The Kier molecular flexibility index (Phi) is 9.41. The highest BCUT2D eigenvalue weighted by Crippen LogP contribution is 2.25. The lowest BCUT2D eigenvalue weighted by atomic mass is 10.1. The number of unbranched alkanes of at least 4 members (excludes halogenated alkanes) is 5. The second-order valence-electron chi connectivity index (χ2n) is 6.98. The minimum Gasteiger partial charge on any atom is -0.490 e. The summed E-state index contributed by atoms with van der Waals surface area (Å²) >= 11 is 0. The Labute approximate surface area is 170 Å². The van der Waals surface area contributed by atoms with Gasteiger partial charge in [0.2, 0.25) is 0 Å². The summed E-state index contributed by atoms with van der Waals surface area (Å²) in [4.78, 5) is 22.8. The van der Waals surface area contributed by atoms with Crippen molar-refractivity contribution in [3.63, 3.8) is 0 Å². The van der Waals surface area contributed by atoms with Crippen molar-refractivity contribution >= 4 is 16.7 Å². The second kappa shape index (κ2) is 12.0. The summed E-state index contributed by atoms with van der Waals surface area (Å²) in [5.74, 6) is -0.320. The lowest BCUT2D eigenvalue weighted by Crippen LogP contribution is -2.07. The van der Waals surface area contributed by atoms with E-state index in [1.807, 2.05) is 0 Å². The van der Waals surface area contributed by atoms with Crippen molar-refractivity contribution in [2.75, 3.05) is 13.2 Å². The lowest BCUT2D eigenvalue weighted by Gasteiger charge is -2.09. The van der Waals surface area contributed by atoms with Crippen molar-refractivity contribution in [2.45, 2.75) is 58.3 Å². The van der Waals surface area contributed by atoms with Gasteiger partial charge in [-0.3, -0.25) is 4.79 Å². The van der Waals surface area contributed by atoms with Crippen molar-refractivity contribution in [3.8, 4) is 5.75 Å². The third-order valence-electron chi connectivity index (χ3n) is 4.58. The van der Waals surface area contributed by atoms with Crippen LogP contribution in [0.15, 0.2) is 40.1 Å². The first-order valence-corrected chi connectivity index (χ1v) is 10.1. The van der Waals surface area contributed by atoms with Gasteiger partial charge in [-0.1, -0.05) is 37.8 Å². The Hall–Kier alpha value is -2.63. The van der Waals surface area contributed by atoms with Crippen LogP contribution in [0, 0.1) is 5.82 Å². The van der Waals surface area contributed by atoms with E-state index in [9.17, 15) is 14.0 Å². The molecule has 0 spiro atoms. The van der Waals surface area contributed by atoms with Gasteiger partial charge in [0, 0.05) is 13.3 Å². The molecule has 29 heavy (non-hydrogen) atoms. The fraction of sp³-hybridized carbons (Fsp3) is 0.478. The third-order valence-corrected chi connectivity index (χ3v) is 4.58. The minimum absolute atomic E-state index is 0.0716.